The lowest BCUT2D eigenvalue weighted by atomic mass is 10.2. The van der Waals surface area contributed by atoms with Crippen LogP contribution in [0.2, 0.25) is 0 Å². The lowest BCUT2D eigenvalue weighted by Crippen LogP contribution is -2.36. The average molecular weight is 397 g/mol. The maximum absolute atomic E-state index is 6.01. The summed E-state index contributed by atoms with van der Waals surface area (Å²) in [5.74, 6) is 2.49. The van der Waals surface area contributed by atoms with Gasteiger partial charge in [-0.15, -0.1) is 5.10 Å². The summed E-state index contributed by atoms with van der Waals surface area (Å²) >= 11 is 0. The van der Waals surface area contributed by atoms with Gasteiger partial charge in [0.25, 0.3) is 0 Å². The third kappa shape index (κ3) is 3.87. The highest BCUT2D eigenvalue weighted by Crippen LogP contribution is 2.39. The average Bonchev–Trinajstić information content (AvgIpc) is 3.14. The van der Waals surface area contributed by atoms with Crippen LogP contribution in [-0.2, 0) is 4.74 Å². The van der Waals surface area contributed by atoms with Crippen molar-refractivity contribution in [3.05, 3.63) is 36.5 Å². The fourth-order valence-corrected chi connectivity index (χ4v) is 3.18. The number of morpholine rings is 1. The first-order valence-electron chi connectivity index (χ1n) is 9.19. The highest BCUT2D eigenvalue weighted by atomic mass is 16.5. The smallest absolute Gasteiger partial charge is 0.249 e. The number of hydrogen-bond donors (Lipinski definition) is 2. The summed E-state index contributed by atoms with van der Waals surface area (Å²) in [6.07, 6.45) is 1.67. The van der Waals surface area contributed by atoms with Crippen LogP contribution in [0.1, 0.15) is 0 Å². The van der Waals surface area contributed by atoms with E-state index < -0.39 is 0 Å². The lowest BCUT2D eigenvalue weighted by molar-refractivity contribution is 0.122. The van der Waals surface area contributed by atoms with Crippen molar-refractivity contribution in [3.63, 3.8) is 0 Å². The Morgan fingerprint density at radius 2 is 1.90 bits per heavy atom. The van der Waals surface area contributed by atoms with Crippen LogP contribution in [-0.4, -0.2) is 60.3 Å². The van der Waals surface area contributed by atoms with Crippen molar-refractivity contribution < 1.29 is 14.2 Å². The van der Waals surface area contributed by atoms with Gasteiger partial charge in [-0.25, -0.2) is 4.98 Å². The Bertz CT molecular complexity index is 971. The molecule has 0 spiro atoms. The summed E-state index contributed by atoms with van der Waals surface area (Å²) < 4.78 is 18.1. The van der Waals surface area contributed by atoms with Gasteiger partial charge >= 0.3 is 0 Å². The maximum atomic E-state index is 6.01. The van der Waals surface area contributed by atoms with Gasteiger partial charge in [0, 0.05) is 31.4 Å². The largest absolute Gasteiger partial charge is 0.494 e. The van der Waals surface area contributed by atoms with Crippen LogP contribution in [0.15, 0.2) is 36.5 Å². The lowest BCUT2D eigenvalue weighted by Gasteiger charge is -2.30. The van der Waals surface area contributed by atoms with E-state index in [1.54, 1.807) is 26.5 Å². The van der Waals surface area contributed by atoms with Gasteiger partial charge in [0.15, 0.2) is 5.82 Å². The minimum absolute atomic E-state index is 0.224. The van der Waals surface area contributed by atoms with E-state index in [0.717, 1.165) is 18.8 Å². The van der Waals surface area contributed by atoms with Gasteiger partial charge in [-0.2, -0.15) is 9.67 Å². The zero-order valence-corrected chi connectivity index (χ0v) is 16.3. The summed E-state index contributed by atoms with van der Waals surface area (Å²) in [6.45, 7) is 2.94. The molecule has 0 radical (unpaired) electrons. The molecule has 152 valence electrons. The molecule has 4 rings (SSSR count). The number of nitrogens with zero attached hydrogens (tertiary/aromatic N) is 5. The number of methoxy groups -OCH3 is 2. The standard InChI is InChI=1S/C19H23N7O3/c1-27-15-12-14(25-7-9-29-10-8-25)16(28-2)11-13(15)22-19-23-18(20)26(24-19)17-5-3-4-6-21-17/h3-6,11-12H,7-10H2,1-2H3,(H3,20,22,23,24). The predicted octanol–water partition coefficient (Wildman–Crippen LogP) is 1.84. The third-order valence-electron chi connectivity index (χ3n) is 4.60. The Morgan fingerprint density at radius 3 is 2.59 bits per heavy atom. The van der Waals surface area contributed by atoms with E-state index in [4.69, 9.17) is 19.9 Å². The zero-order chi connectivity index (χ0) is 20.2. The number of nitrogens with two attached hydrogens (primary N) is 1. The molecule has 2 aromatic heterocycles. The van der Waals surface area contributed by atoms with E-state index >= 15 is 0 Å². The van der Waals surface area contributed by atoms with E-state index in [1.807, 2.05) is 24.3 Å². The second-order valence-electron chi connectivity index (χ2n) is 6.34. The van der Waals surface area contributed by atoms with Crippen molar-refractivity contribution in [3.8, 4) is 17.3 Å². The molecule has 3 heterocycles. The van der Waals surface area contributed by atoms with E-state index in [2.05, 4.69) is 25.3 Å². The van der Waals surface area contributed by atoms with Crippen molar-refractivity contribution in [1.29, 1.82) is 0 Å². The number of nitrogen functional groups attached to an aromatic ring is 1. The number of pyridine rings is 1. The Labute approximate surface area is 168 Å². The number of benzene rings is 1. The normalized spacial score (nSPS) is 13.9. The summed E-state index contributed by atoms with van der Waals surface area (Å²) in [7, 11) is 3.26. The van der Waals surface area contributed by atoms with Gasteiger partial charge in [0.1, 0.15) is 11.5 Å². The van der Waals surface area contributed by atoms with E-state index in [1.165, 1.54) is 4.68 Å². The van der Waals surface area contributed by atoms with Crippen LogP contribution in [0.3, 0.4) is 0 Å². The molecule has 1 aromatic carbocycles. The topological polar surface area (TPSA) is 113 Å². The summed E-state index contributed by atoms with van der Waals surface area (Å²) in [5, 5.41) is 7.56. The molecule has 0 unspecified atom stereocenters. The predicted molar refractivity (Wildman–Crippen MR) is 109 cm³/mol. The van der Waals surface area contributed by atoms with Crippen molar-refractivity contribution >= 4 is 23.3 Å². The second kappa shape index (κ2) is 8.23. The number of rotatable bonds is 6. The van der Waals surface area contributed by atoms with E-state index in [0.29, 0.717) is 42.2 Å². The van der Waals surface area contributed by atoms with Gasteiger partial charge in [-0.1, -0.05) is 6.07 Å². The minimum Gasteiger partial charge on any atom is -0.494 e. The van der Waals surface area contributed by atoms with Crippen molar-refractivity contribution in [1.82, 2.24) is 19.7 Å². The number of nitrogens with one attached hydrogen (secondary N) is 1. The van der Waals surface area contributed by atoms with Crippen LogP contribution >= 0.6 is 0 Å². The van der Waals surface area contributed by atoms with Crippen LogP contribution in [0, 0.1) is 0 Å². The molecule has 0 aliphatic carbocycles. The number of ether oxygens (including phenoxy) is 3. The molecule has 3 aromatic rings. The Hall–Kier alpha value is -3.53. The molecule has 0 bridgehead atoms. The van der Waals surface area contributed by atoms with Crippen molar-refractivity contribution in [2.24, 2.45) is 0 Å². The molecule has 0 atom stereocenters. The summed E-state index contributed by atoms with van der Waals surface area (Å²) in [4.78, 5) is 10.7. The van der Waals surface area contributed by atoms with Gasteiger partial charge in [-0.05, 0) is 12.1 Å². The Morgan fingerprint density at radius 1 is 1.10 bits per heavy atom. The molecule has 0 amide bonds. The Kier molecular flexibility index (Phi) is 5.34. The molecular weight excluding hydrogens is 374 g/mol. The molecule has 1 saturated heterocycles. The number of anilines is 4. The first kappa shape index (κ1) is 18.8. The fourth-order valence-electron chi connectivity index (χ4n) is 3.18. The van der Waals surface area contributed by atoms with Crippen LogP contribution in [0.25, 0.3) is 5.82 Å². The molecule has 1 fully saturated rings. The molecule has 29 heavy (non-hydrogen) atoms. The molecule has 1 aliphatic heterocycles. The highest BCUT2D eigenvalue weighted by Gasteiger charge is 2.20. The number of hydrogen-bond acceptors (Lipinski definition) is 9. The van der Waals surface area contributed by atoms with Crippen LogP contribution < -0.4 is 25.4 Å². The third-order valence-corrected chi connectivity index (χ3v) is 4.60. The molecule has 0 saturated carbocycles. The van der Waals surface area contributed by atoms with Crippen LogP contribution in [0.5, 0.6) is 11.5 Å². The SMILES string of the molecule is COc1cc(N2CCOCC2)c(OC)cc1Nc1nc(N)n(-c2ccccn2)n1. The molecular formula is C19H23N7O3. The quantitative estimate of drug-likeness (QED) is 0.643. The maximum Gasteiger partial charge on any atom is 0.249 e. The zero-order valence-electron chi connectivity index (χ0n) is 16.3. The van der Waals surface area contributed by atoms with Gasteiger partial charge in [0.2, 0.25) is 11.9 Å². The van der Waals surface area contributed by atoms with Gasteiger partial charge in [0.05, 0.1) is 38.8 Å². The minimum atomic E-state index is 0.224. The van der Waals surface area contributed by atoms with E-state index in [9.17, 15) is 0 Å². The monoisotopic (exact) mass is 397 g/mol. The van der Waals surface area contributed by atoms with Crippen molar-refractivity contribution in [2.45, 2.75) is 0 Å². The molecule has 1 aliphatic rings. The van der Waals surface area contributed by atoms with Gasteiger partial charge in [-0.3, -0.25) is 0 Å². The molecule has 10 nitrogen and oxygen atoms in total. The van der Waals surface area contributed by atoms with Crippen LogP contribution in [0.4, 0.5) is 23.3 Å². The second-order valence-corrected chi connectivity index (χ2v) is 6.34. The number of aromatic nitrogens is 4. The fraction of sp³-hybridized carbons (Fsp3) is 0.316. The Balaban J connectivity index is 1.65. The first-order chi connectivity index (χ1) is 14.2. The van der Waals surface area contributed by atoms with Gasteiger partial charge < -0.3 is 30.2 Å². The molecule has 3 N–H and O–H groups in total. The first-order valence-corrected chi connectivity index (χ1v) is 9.19. The molecule has 10 heteroatoms. The highest BCUT2D eigenvalue weighted by molar-refractivity contribution is 5.74. The summed E-state index contributed by atoms with van der Waals surface area (Å²) in [5.41, 5.74) is 7.63. The van der Waals surface area contributed by atoms with Crippen molar-refractivity contribution in [2.75, 3.05) is 56.5 Å². The summed E-state index contributed by atoms with van der Waals surface area (Å²) in [6, 6.07) is 9.28. The van der Waals surface area contributed by atoms with E-state index in [-0.39, 0.29) is 5.95 Å².